The summed E-state index contributed by atoms with van der Waals surface area (Å²) in [7, 11) is 4.15. The van der Waals surface area contributed by atoms with E-state index in [1.54, 1.807) is 11.3 Å². The number of thiophene rings is 1. The summed E-state index contributed by atoms with van der Waals surface area (Å²) in [5.74, 6) is 6.32. The van der Waals surface area contributed by atoms with Gasteiger partial charge in [0.1, 0.15) is 0 Å². The van der Waals surface area contributed by atoms with Crippen molar-refractivity contribution in [2.45, 2.75) is 6.54 Å². The number of hydrazine groups is 1. The van der Waals surface area contributed by atoms with E-state index >= 15 is 0 Å². The predicted octanol–water partition coefficient (Wildman–Crippen LogP) is 7.05. The highest BCUT2D eigenvalue weighted by atomic mass is 32.1. The van der Waals surface area contributed by atoms with Crippen LogP contribution in [0.3, 0.4) is 0 Å². The van der Waals surface area contributed by atoms with Crippen LogP contribution in [-0.4, -0.2) is 24.7 Å². The van der Waals surface area contributed by atoms with Gasteiger partial charge in [0.2, 0.25) is 0 Å². The Bertz CT molecular complexity index is 1490. The third-order valence-corrected chi connectivity index (χ3v) is 7.52. The van der Waals surface area contributed by atoms with Crippen LogP contribution in [0.1, 0.15) is 32.0 Å². The molecule has 0 saturated carbocycles. The molecule has 0 spiro atoms. The van der Waals surface area contributed by atoms with E-state index in [1.807, 2.05) is 72.8 Å². The molecule has 5 aromatic rings. The lowest BCUT2D eigenvalue weighted by Crippen LogP contribution is -2.21. The molecule has 0 amide bonds. The molecule has 0 aliphatic heterocycles. The Kier molecular flexibility index (Phi) is 8.83. The summed E-state index contributed by atoms with van der Waals surface area (Å²) in [6.45, 7) is 0.803. The van der Waals surface area contributed by atoms with Crippen molar-refractivity contribution in [1.29, 1.82) is 0 Å². The number of hydrogen-bond acceptors (Lipinski definition) is 6. The summed E-state index contributed by atoms with van der Waals surface area (Å²) < 4.78 is 0. The molecular weight excluding hydrogens is 510 g/mol. The summed E-state index contributed by atoms with van der Waals surface area (Å²) in [5, 5.41) is 4.98. The van der Waals surface area contributed by atoms with E-state index in [2.05, 4.69) is 84.4 Å². The molecule has 0 aliphatic rings. The van der Waals surface area contributed by atoms with Crippen LogP contribution in [0, 0.1) is 0 Å². The fourth-order valence-corrected chi connectivity index (χ4v) is 5.86. The summed E-state index contributed by atoms with van der Waals surface area (Å²) in [6.07, 6.45) is 0. The molecule has 0 radical (unpaired) electrons. The van der Waals surface area contributed by atoms with Gasteiger partial charge in [-0.1, -0.05) is 121 Å². The highest BCUT2D eigenvalue weighted by Gasteiger charge is 2.20. The second-order valence-corrected chi connectivity index (χ2v) is 10.8. The molecule has 0 aliphatic carbocycles. The van der Waals surface area contributed by atoms with Crippen LogP contribution >= 0.6 is 11.3 Å². The van der Waals surface area contributed by atoms with Gasteiger partial charge >= 0.3 is 0 Å². The van der Waals surface area contributed by atoms with Gasteiger partial charge in [0, 0.05) is 28.1 Å². The van der Waals surface area contributed by atoms with Gasteiger partial charge in [0.15, 0.2) is 0 Å². The molecule has 1 heterocycles. The number of nitrogens with two attached hydrogens (primary N) is 1. The number of hydrogen-bond donors (Lipinski definition) is 3. The minimum Gasteiger partial charge on any atom is -0.322 e. The van der Waals surface area contributed by atoms with Gasteiger partial charge in [0.05, 0.1) is 22.0 Å². The van der Waals surface area contributed by atoms with Gasteiger partial charge in [-0.05, 0) is 31.3 Å². The molecule has 4 N–H and O–H groups in total. The number of nitrogens with one attached hydrogen (secondary N) is 2. The molecule has 5 rings (SSSR count). The number of hydrazone groups is 1. The fourth-order valence-electron chi connectivity index (χ4n) is 4.62. The molecule has 0 fully saturated rings. The largest absolute Gasteiger partial charge is 0.322 e. The molecule has 1 aromatic heterocycles. The van der Waals surface area contributed by atoms with Crippen molar-refractivity contribution < 1.29 is 0 Å². The summed E-state index contributed by atoms with van der Waals surface area (Å²) in [4.78, 5) is 4.36. The minimum atomic E-state index is 0.803. The highest BCUT2D eigenvalue weighted by Crippen LogP contribution is 2.39. The molecule has 5 nitrogen and oxygen atoms in total. The van der Waals surface area contributed by atoms with E-state index in [1.165, 1.54) is 4.88 Å². The Morgan fingerprint density at radius 1 is 0.700 bits per heavy atom. The van der Waals surface area contributed by atoms with Gasteiger partial charge in [-0.3, -0.25) is 11.3 Å². The van der Waals surface area contributed by atoms with Crippen LogP contribution in [0.4, 0.5) is 5.69 Å². The zero-order chi connectivity index (χ0) is 27.7. The molecule has 6 heteroatoms. The summed E-state index contributed by atoms with van der Waals surface area (Å²) in [5.41, 5.74) is 14.3. The zero-order valence-corrected chi connectivity index (χ0v) is 23.5. The molecule has 4 aromatic carbocycles. The van der Waals surface area contributed by atoms with Crippen molar-refractivity contribution in [2.24, 2.45) is 10.9 Å². The number of nitrogens with zero attached hydrogens (tertiary/aromatic N) is 2. The normalized spacial score (nSPS) is 10.7. The fraction of sp³-hybridized carbons (Fsp3) is 0.0882. The van der Waals surface area contributed by atoms with Crippen molar-refractivity contribution in [3.63, 3.8) is 0 Å². The van der Waals surface area contributed by atoms with E-state index in [-0.39, 0.29) is 0 Å². The molecule has 0 saturated heterocycles. The second-order valence-electron chi connectivity index (χ2n) is 9.62. The average molecular weight is 544 g/mol. The molecule has 0 bridgehead atoms. The average Bonchev–Trinajstić information content (AvgIpc) is 3.39. The number of benzene rings is 4. The smallest absolute Gasteiger partial charge is 0.0977 e. The lowest BCUT2D eigenvalue weighted by Gasteiger charge is -2.17. The number of anilines is 1. The Labute approximate surface area is 240 Å². The van der Waals surface area contributed by atoms with Crippen LogP contribution in [-0.2, 0) is 6.54 Å². The lowest BCUT2D eigenvalue weighted by atomic mass is 9.95. The van der Waals surface area contributed by atoms with Gasteiger partial charge in [-0.2, -0.15) is 5.10 Å². The topological polar surface area (TPSA) is 65.7 Å². The van der Waals surface area contributed by atoms with Crippen molar-refractivity contribution in [3.05, 3.63) is 159 Å². The van der Waals surface area contributed by atoms with Crippen molar-refractivity contribution in [2.75, 3.05) is 19.5 Å². The molecule has 0 atom stereocenters. The Morgan fingerprint density at radius 2 is 1.15 bits per heavy atom. The summed E-state index contributed by atoms with van der Waals surface area (Å²) in [6, 6.07) is 43.3. The first-order chi connectivity index (χ1) is 19.6. The van der Waals surface area contributed by atoms with E-state index in [4.69, 9.17) is 10.9 Å². The Hall–Kier alpha value is -4.49. The monoisotopic (exact) mass is 543 g/mol. The Balaban J connectivity index is 1.68. The van der Waals surface area contributed by atoms with Crippen LogP contribution in [0.5, 0.6) is 0 Å². The molecule has 200 valence electrons. The number of rotatable bonds is 10. The maximum Gasteiger partial charge on any atom is 0.0977 e. The van der Waals surface area contributed by atoms with Crippen LogP contribution in [0.25, 0.3) is 11.3 Å². The maximum atomic E-state index is 6.32. The first kappa shape index (κ1) is 27.1. The van der Waals surface area contributed by atoms with E-state index in [9.17, 15) is 0 Å². The first-order valence-electron chi connectivity index (χ1n) is 13.2. The van der Waals surface area contributed by atoms with Crippen molar-refractivity contribution in [3.8, 4) is 0 Å². The van der Waals surface area contributed by atoms with Crippen molar-refractivity contribution >= 4 is 34.0 Å². The van der Waals surface area contributed by atoms with Gasteiger partial charge in [-0.25, -0.2) is 0 Å². The Morgan fingerprint density at radius 3 is 1.57 bits per heavy atom. The predicted molar refractivity (Wildman–Crippen MR) is 170 cm³/mol. The zero-order valence-electron chi connectivity index (χ0n) is 22.7. The SMILES string of the molecule is CN(C)Cc1cc(NN=C(c2ccccc2)c2ccccc2)c(C(NN)=C(c2ccccc2)c2ccccc2)s1. The van der Waals surface area contributed by atoms with Gasteiger partial charge in [0.25, 0.3) is 0 Å². The van der Waals surface area contributed by atoms with E-state index < -0.39 is 0 Å². The maximum absolute atomic E-state index is 6.32. The van der Waals surface area contributed by atoms with Gasteiger partial charge < -0.3 is 10.3 Å². The third-order valence-electron chi connectivity index (χ3n) is 6.38. The molecule has 40 heavy (non-hydrogen) atoms. The molecular formula is C34H33N5S. The standard InChI is InChI=1S/C34H33N5S/c1-39(2)24-29-23-30(37-38-32(27-19-11-5-12-20-27)28-21-13-6-14-22-28)34(40-29)33(36-35)31(25-15-7-3-8-16-25)26-17-9-4-10-18-26/h3-23,36-37H,24,35H2,1-2H3. The van der Waals surface area contributed by atoms with Crippen molar-refractivity contribution in [1.82, 2.24) is 10.3 Å². The van der Waals surface area contributed by atoms with Crippen LogP contribution in [0.15, 0.2) is 132 Å². The van der Waals surface area contributed by atoms with E-state index in [0.29, 0.717) is 0 Å². The van der Waals surface area contributed by atoms with E-state index in [0.717, 1.165) is 56.3 Å². The summed E-state index contributed by atoms with van der Waals surface area (Å²) >= 11 is 1.71. The third kappa shape index (κ3) is 6.38. The minimum absolute atomic E-state index is 0.803. The second kappa shape index (κ2) is 13.0. The molecule has 0 unspecified atom stereocenters. The quantitative estimate of drug-likeness (QED) is 0.100. The van der Waals surface area contributed by atoms with Gasteiger partial charge in [-0.15, -0.1) is 11.3 Å². The van der Waals surface area contributed by atoms with Crippen LogP contribution in [0.2, 0.25) is 0 Å². The first-order valence-corrected chi connectivity index (χ1v) is 14.0. The lowest BCUT2D eigenvalue weighted by molar-refractivity contribution is 0.406. The highest BCUT2D eigenvalue weighted by molar-refractivity contribution is 7.13. The van der Waals surface area contributed by atoms with Crippen LogP contribution < -0.4 is 16.7 Å².